The summed E-state index contributed by atoms with van der Waals surface area (Å²) in [5.41, 5.74) is -4.38. The number of hydrogen-bond acceptors (Lipinski definition) is 9. The van der Waals surface area contributed by atoms with Gasteiger partial charge in [0.25, 0.3) is 0 Å². The largest absolute Gasteiger partial charge is 0.481 e. The maximum absolute atomic E-state index is 15.0. The van der Waals surface area contributed by atoms with Crippen LogP contribution in [-0.4, -0.2) is 59.0 Å². The molecule has 2 atom stereocenters. The minimum Gasteiger partial charge on any atom is -0.481 e. The monoisotopic (exact) mass is 489 g/mol. The van der Waals surface area contributed by atoms with Crippen LogP contribution in [0.2, 0.25) is 0 Å². The Hall–Kier alpha value is -3.09. The Morgan fingerprint density at radius 2 is 1.97 bits per heavy atom. The molecule has 13 heteroatoms. The first-order chi connectivity index (χ1) is 15.8. The van der Waals surface area contributed by atoms with Crippen molar-refractivity contribution in [3.8, 4) is 5.75 Å². The molecule has 0 N–H and O–H groups in total. The number of Topliss-reactive ketones (excluding diaryl/α,β-unsaturated/α-hetero) is 1. The van der Waals surface area contributed by atoms with Crippen LogP contribution in [0.15, 0.2) is 16.8 Å². The molecule has 34 heavy (non-hydrogen) atoms. The topological polar surface area (TPSA) is 114 Å². The van der Waals surface area contributed by atoms with Crippen LogP contribution >= 0.6 is 0 Å². The lowest BCUT2D eigenvalue weighted by atomic mass is 9.83. The average Bonchev–Trinajstić information content (AvgIpc) is 3.18. The van der Waals surface area contributed by atoms with Gasteiger partial charge >= 0.3 is 12.1 Å². The molecule has 1 saturated heterocycles. The molecular weight excluding hydrogens is 466 g/mol. The molecule has 0 amide bonds. The van der Waals surface area contributed by atoms with Crippen molar-refractivity contribution in [2.45, 2.75) is 57.5 Å². The van der Waals surface area contributed by atoms with Crippen molar-refractivity contribution in [2.75, 3.05) is 19.8 Å². The number of hydrogen-bond donors (Lipinski definition) is 0. The third-order valence-corrected chi connectivity index (χ3v) is 5.32. The van der Waals surface area contributed by atoms with Crippen LogP contribution in [0.4, 0.5) is 17.6 Å². The third-order valence-electron chi connectivity index (χ3n) is 5.32. The van der Waals surface area contributed by atoms with Crippen molar-refractivity contribution >= 4 is 11.8 Å². The highest BCUT2D eigenvalue weighted by Crippen LogP contribution is 2.41. The maximum atomic E-state index is 15.0. The number of carbonyl (C=O) groups is 2. The molecular formula is C21H23F4N3O6. The van der Waals surface area contributed by atoms with Gasteiger partial charge in [0, 0.05) is 25.6 Å². The van der Waals surface area contributed by atoms with E-state index >= 15 is 0 Å². The van der Waals surface area contributed by atoms with Crippen molar-refractivity contribution in [3.05, 3.63) is 35.2 Å². The summed E-state index contributed by atoms with van der Waals surface area (Å²) in [6.07, 6.45) is -6.62. The van der Waals surface area contributed by atoms with Crippen LogP contribution in [-0.2, 0) is 25.4 Å². The number of pyridine rings is 1. The average molecular weight is 489 g/mol. The molecule has 9 nitrogen and oxygen atoms in total. The van der Waals surface area contributed by atoms with E-state index in [2.05, 4.69) is 15.1 Å². The highest BCUT2D eigenvalue weighted by atomic mass is 19.4. The van der Waals surface area contributed by atoms with Gasteiger partial charge in [0.05, 0.1) is 25.4 Å². The smallest absolute Gasteiger partial charge is 0.425 e. The fourth-order valence-corrected chi connectivity index (χ4v) is 3.19. The summed E-state index contributed by atoms with van der Waals surface area (Å²) in [5, 5.41) is 3.71. The molecule has 0 bridgehead atoms. The highest BCUT2D eigenvalue weighted by Gasteiger charge is 2.47. The zero-order valence-electron chi connectivity index (χ0n) is 18.9. The first-order valence-electron chi connectivity index (χ1n) is 10.3. The third kappa shape index (κ3) is 5.03. The fourth-order valence-electron chi connectivity index (χ4n) is 3.19. The number of halogens is 4. The molecule has 0 spiro atoms. The van der Waals surface area contributed by atoms with E-state index < -0.39 is 60.5 Å². The van der Waals surface area contributed by atoms with Gasteiger partial charge in [-0.3, -0.25) is 14.6 Å². The van der Waals surface area contributed by atoms with Gasteiger partial charge in [-0.05, 0) is 20.8 Å². The molecule has 0 aliphatic carbocycles. The lowest BCUT2D eigenvalue weighted by Crippen LogP contribution is -2.43. The van der Waals surface area contributed by atoms with Gasteiger partial charge in [-0.2, -0.15) is 18.2 Å². The van der Waals surface area contributed by atoms with E-state index in [1.54, 1.807) is 6.92 Å². The fraction of sp³-hybridized carbons (Fsp3) is 0.571. The lowest BCUT2D eigenvalue weighted by Gasteiger charge is -2.35. The Balaban J connectivity index is 1.96. The molecule has 3 rings (SSSR count). The summed E-state index contributed by atoms with van der Waals surface area (Å²) >= 11 is 0. The van der Waals surface area contributed by atoms with Crippen molar-refractivity contribution in [1.29, 1.82) is 0 Å². The summed E-state index contributed by atoms with van der Waals surface area (Å²) in [6.45, 7) is 4.42. The van der Waals surface area contributed by atoms with Crippen molar-refractivity contribution in [1.82, 2.24) is 15.1 Å². The second-order valence-corrected chi connectivity index (χ2v) is 8.12. The molecule has 186 valence electrons. The summed E-state index contributed by atoms with van der Waals surface area (Å²) in [4.78, 5) is 33.7. The van der Waals surface area contributed by atoms with Gasteiger partial charge in [0.1, 0.15) is 16.9 Å². The number of nitrogens with zero attached hydrogens (tertiary/aromatic N) is 3. The SMILES string of the molecule is CCOC(=O)C(C)(CC(=O)c1cc(O[C@@H](C)C(F)(F)F)c(C2(F)COC2)cn1)c1noc(C)n1. The number of esters is 1. The number of aromatic nitrogens is 3. The molecule has 1 aliphatic heterocycles. The van der Waals surface area contributed by atoms with Gasteiger partial charge in [0.15, 0.2) is 23.4 Å². The molecule has 2 aromatic heterocycles. The van der Waals surface area contributed by atoms with Crippen LogP contribution < -0.4 is 4.74 Å². The molecule has 0 saturated carbocycles. The first kappa shape index (κ1) is 25.5. The Morgan fingerprint density at radius 3 is 2.47 bits per heavy atom. The number of aryl methyl sites for hydroxylation is 1. The Morgan fingerprint density at radius 1 is 1.29 bits per heavy atom. The standard InChI is InChI=1S/C21H23F4N3O6/c1-5-32-18(30)19(4,17-27-12(3)34-28-17)7-15(29)14-6-16(33-11(2)21(23,24)25)13(8-26-14)20(22)9-31-10-20/h6,8,11H,5,7,9-10H2,1-4H3/t11-,19?/m0/s1. The van der Waals surface area contributed by atoms with Crippen LogP contribution in [0.25, 0.3) is 0 Å². The normalized spacial score (nSPS) is 17.9. The van der Waals surface area contributed by atoms with E-state index in [0.717, 1.165) is 19.2 Å². The number of alkyl halides is 4. The number of carbonyl (C=O) groups excluding carboxylic acids is 2. The lowest BCUT2D eigenvalue weighted by molar-refractivity contribution is -0.190. The Kier molecular flexibility index (Phi) is 6.97. The number of ether oxygens (including phenoxy) is 3. The van der Waals surface area contributed by atoms with Crippen molar-refractivity contribution in [2.24, 2.45) is 0 Å². The molecule has 0 aromatic carbocycles. The maximum Gasteiger partial charge on any atom is 0.425 e. The number of rotatable bonds is 9. The van der Waals surface area contributed by atoms with Crippen LogP contribution in [0, 0.1) is 6.92 Å². The Labute approximate surface area is 191 Å². The van der Waals surface area contributed by atoms with Gasteiger partial charge in [-0.15, -0.1) is 0 Å². The van der Waals surface area contributed by atoms with Gasteiger partial charge in [-0.1, -0.05) is 5.16 Å². The zero-order valence-corrected chi connectivity index (χ0v) is 18.9. The molecule has 1 aliphatic rings. The van der Waals surface area contributed by atoms with Gasteiger partial charge in [0.2, 0.25) is 5.89 Å². The minimum atomic E-state index is -4.73. The molecule has 0 radical (unpaired) electrons. The van der Waals surface area contributed by atoms with E-state index in [-0.39, 0.29) is 29.6 Å². The summed E-state index contributed by atoms with van der Waals surface area (Å²) in [5.74, 6) is -2.02. The van der Waals surface area contributed by atoms with Crippen LogP contribution in [0.1, 0.15) is 55.0 Å². The molecule has 1 unspecified atom stereocenters. The van der Waals surface area contributed by atoms with E-state index in [9.17, 15) is 27.2 Å². The highest BCUT2D eigenvalue weighted by molar-refractivity contribution is 5.99. The predicted molar refractivity (Wildman–Crippen MR) is 106 cm³/mol. The van der Waals surface area contributed by atoms with Crippen molar-refractivity contribution in [3.63, 3.8) is 0 Å². The van der Waals surface area contributed by atoms with E-state index in [1.807, 2.05) is 0 Å². The predicted octanol–water partition coefficient (Wildman–Crippen LogP) is 3.39. The van der Waals surface area contributed by atoms with Gasteiger partial charge in [-0.25, -0.2) is 4.39 Å². The second kappa shape index (κ2) is 9.28. The quantitative estimate of drug-likeness (QED) is 0.297. The summed E-state index contributed by atoms with van der Waals surface area (Å²) in [7, 11) is 0. The molecule has 2 aromatic rings. The Bertz CT molecular complexity index is 1070. The van der Waals surface area contributed by atoms with E-state index in [1.165, 1.54) is 13.8 Å². The first-order valence-corrected chi connectivity index (χ1v) is 10.3. The molecule has 3 heterocycles. The summed E-state index contributed by atoms with van der Waals surface area (Å²) < 4.78 is 74.0. The van der Waals surface area contributed by atoms with Crippen LogP contribution in [0.3, 0.4) is 0 Å². The van der Waals surface area contributed by atoms with Crippen LogP contribution in [0.5, 0.6) is 5.75 Å². The van der Waals surface area contributed by atoms with Gasteiger partial charge < -0.3 is 18.7 Å². The van der Waals surface area contributed by atoms with Crippen molar-refractivity contribution < 1.29 is 45.9 Å². The minimum absolute atomic E-state index is 0.0143. The van der Waals surface area contributed by atoms with E-state index in [0.29, 0.717) is 0 Å². The zero-order chi connectivity index (χ0) is 25.3. The summed E-state index contributed by atoms with van der Waals surface area (Å²) in [6, 6.07) is 0.923. The number of ketones is 1. The second-order valence-electron chi connectivity index (χ2n) is 8.12. The van der Waals surface area contributed by atoms with E-state index in [4.69, 9.17) is 18.7 Å². The molecule has 1 fully saturated rings.